The number of hydrogen-bond acceptors (Lipinski definition) is 2. The van der Waals surface area contributed by atoms with Crippen LogP contribution >= 0.6 is 0 Å². The van der Waals surface area contributed by atoms with Gasteiger partial charge in [0.2, 0.25) is 0 Å². The van der Waals surface area contributed by atoms with Crippen molar-refractivity contribution in [1.29, 1.82) is 0 Å². The number of nitrogens with zero attached hydrogens (tertiary/aromatic N) is 1. The van der Waals surface area contributed by atoms with Crippen LogP contribution in [0.4, 0.5) is 0 Å². The van der Waals surface area contributed by atoms with Crippen LogP contribution < -0.4 is 5.11 Å². The second-order valence-corrected chi connectivity index (χ2v) is 4.84. The van der Waals surface area contributed by atoms with E-state index in [-0.39, 0.29) is 5.92 Å². The van der Waals surface area contributed by atoms with E-state index in [9.17, 15) is 9.90 Å². The number of carboxylic acids is 1. The lowest BCUT2D eigenvalue weighted by Gasteiger charge is -2.23. The third-order valence-electron chi connectivity index (χ3n) is 1.65. The summed E-state index contributed by atoms with van der Waals surface area (Å²) >= 11 is 0. The molecule has 14 heavy (non-hydrogen) atoms. The first-order chi connectivity index (χ1) is 6.20. The van der Waals surface area contributed by atoms with E-state index in [4.69, 9.17) is 0 Å². The highest BCUT2D eigenvalue weighted by Crippen LogP contribution is 1.95. The molecule has 0 aromatic rings. The molecule has 0 aliphatic carbocycles. The van der Waals surface area contributed by atoms with Gasteiger partial charge in [-0.2, -0.15) is 0 Å². The first kappa shape index (κ1) is 15.9. The number of carbonyl (C=O) groups is 1. The van der Waals surface area contributed by atoms with Crippen molar-refractivity contribution in [2.45, 2.75) is 33.6 Å². The fraction of sp³-hybridized carbons (Fsp3) is 0.909. The molecular formula is C11H25NO2. The highest BCUT2D eigenvalue weighted by Gasteiger charge is 2.02. The Balaban J connectivity index is 0. The molecule has 0 atom stereocenters. The topological polar surface area (TPSA) is 40.1 Å². The van der Waals surface area contributed by atoms with Crippen LogP contribution in [-0.4, -0.2) is 38.1 Å². The number of aliphatic carboxylic acids is 1. The molecule has 0 aliphatic heterocycles. The highest BCUT2D eigenvalue weighted by molar-refractivity contribution is 5.66. The van der Waals surface area contributed by atoms with Crippen LogP contribution in [0.2, 0.25) is 0 Å². The van der Waals surface area contributed by atoms with E-state index in [0.29, 0.717) is 0 Å². The molecule has 0 bridgehead atoms. The molecule has 0 fully saturated rings. The third kappa shape index (κ3) is 17.5. The Bertz CT molecular complexity index is 148. The SMILES string of the molecule is CC(C)C(=O)[O-].CCCC[N+](C)(C)C. The Hall–Kier alpha value is -0.570. The van der Waals surface area contributed by atoms with Crippen LogP contribution in [0, 0.1) is 5.92 Å². The zero-order valence-electron chi connectivity index (χ0n) is 10.5. The summed E-state index contributed by atoms with van der Waals surface area (Å²) in [4.78, 5) is 9.59. The first-order valence-electron chi connectivity index (χ1n) is 5.22. The Labute approximate surface area is 88.3 Å². The third-order valence-corrected chi connectivity index (χ3v) is 1.65. The molecule has 0 saturated carbocycles. The van der Waals surface area contributed by atoms with Crippen molar-refractivity contribution in [2.75, 3.05) is 27.7 Å². The molecule has 0 N–H and O–H groups in total. The van der Waals surface area contributed by atoms with Crippen LogP contribution in [0.5, 0.6) is 0 Å². The zero-order valence-corrected chi connectivity index (χ0v) is 10.5. The van der Waals surface area contributed by atoms with Gasteiger partial charge in [0.15, 0.2) is 0 Å². The Morgan fingerprint density at radius 1 is 1.29 bits per heavy atom. The van der Waals surface area contributed by atoms with E-state index >= 15 is 0 Å². The van der Waals surface area contributed by atoms with Crippen LogP contribution in [0.3, 0.4) is 0 Å². The predicted octanol–water partition coefficient (Wildman–Crippen LogP) is 0.885. The van der Waals surface area contributed by atoms with E-state index in [1.54, 1.807) is 13.8 Å². The summed E-state index contributed by atoms with van der Waals surface area (Å²) in [6, 6.07) is 0. The molecule has 86 valence electrons. The van der Waals surface area contributed by atoms with Crippen molar-refractivity contribution in [3.8, 4) is 0 Å². The second kappa shape index (κ2) is 7.80. The number of quaternary nitrogens is 1. The molecule has 3 heteroatoms. The molecular weight excluding hydrogens is 178 g/mol. The lowest BCUT2D eigenvalue weighted by Crippen LogP contribution is -2.35. The van der Waals surface area contributed by atoms with Gasteiger partial charge in [0.1, 0.15) is 0 Å². The van der Waals surface area contributed by atoms with Crippen LogP contribution in [0.25, 0.3) is 0 Å². The number of unbranched alkanes of at least 4 members (excludes halogenated alkanes) is 1. The molecule has 0 radical (unpaired) electrons. The van der Waals surface area contributed by atoms with Gasteiger partial charge in [0.05, 0.1) is 27.7 Å². The smallest absolute Gasteiger partial charge is 0.0780 e. The summed E-state index contributed by atoms with van der Waals surface area (Å²) in [6.07, 6.45) is 2.67. The van der Waals surface area contributed by atoms with E-state index in [1.807, 2.05) is 0 Å². The van der Waals surface area contributed by atoms with Gasteiger partial charge in [-0.1, -0.05) is 27.2 Å². The molecule has 0 unspecified atom stereocenters. The quantitative estimate of drug-likeness (QED) is 0.636. The molecule has 0 aromatic carbocycles. The van der Waals surface area contributed by atoms with E-state index in [1.165, 1.54) is 19.4 Å². The lowest BCUT2D eigenvalue weighted by molar-refractivity contribution is -0.870. The van der Waals surface area contributed by atoms with Crippen molar-refractivity contribution >= 4 is 5.97 Å². The fourth-order valence-corrected chi connectivity index (χ4v) is 0.632. The Kier molecular flexibility index (Phi) is 8.85. The highest BCUT2D eigenvalue weighted by atomic mass is 16.4. The number of carbonyl (C=O) groups excluding carboxylic acids is 1. The number of rotatable bonds is 4. The normalized spacial score (nSPS) is 10.8. The van der Waals surface area contributed by atoms with Gasteiger partial charge in [-0.25, -0.2) is 0 Å². The van der Waals surface area contributed by atoms with Gasteiger partial charge in [0, 0.05) is 5.97 Å². The number of carboxylic acid groups (broad SMARTS) is 1. The van der Waals surface area contributed by atoms with Crippen molar-refractivity contribution < 1.29 is 14.4 Å². The summed E-state index contributed by atoms with van der Waals surface area (Å²) in [5.41, 5.74) is 0. The maximum absolute atomic E-state index is 9.59. The minimum atomic E-state index is -0.991. The molecule has 0 spiro atoms. The van der Waals surface area contributed by atoms with Crippen LogP contribution in [0.15, 0.2) is 0 Å². The van der Waals surface area contributed by atoms with E-state index < -0.39 is 5.97 Å². The molecule has 0 saturated heterocycles. The van der Waals surface area contributed by atoms with Gasteiger partial charge in [-0.05, 0) is 12.3 Å². The molecule has 0 aliphatic rings. The maximum Gasteiger partial charge on any atom is 0.0780 e. The monoisotopic (exact) mass is 203 g/mol. The maximum atomic E-state index is 9.59. The number of hydrogen-bond donors (Lipinski definition) is 0. The standard InChI is InChI=1S/C7H18N.C4H8O2/c1-5-6-7-8(2,3)4;1-3(2)4(5)6/h5-7H2,1-4H3;3H,1-2H3,(H,5,6)/q+1;/p-1. The minimum Gasteiger partial charge on any atom is -0.550 e. The largest absolute Gasteiger partial charge is 0.550 e. The molecule has 0 aromatic heterocycles. The Morgan fingerprint density at radius 2 is 1.64 bits per heavy atom. The lowest BCUT2D eigenvalue weighted by atomic mass is 10.2. The van der Waals surface area contributed by atoms with Crippen molar-refractivity contribution in [2.24, 2.45) is 5.92 Å². The summed E-state index contributed by atoms with van der Waals surface area (Å²) in [7, 11) is 6.70. The van der Waals surface area contributed by atoms with Crippen molar-refractivity contribution in [3.63, 3.8) is 0 Å². The first-order valence-corrected chi connectivity index (χ1v) is 5.22. The van der Waals surface area contributed by atoms with Gasteiger partial charge in [-0.15, -0.1) is 0 Å². The zero-order chi connectivity index (χ0) is 11.8. The molecule has 0 rings (SSSR count). The van der Waals surface area contributed by atoms with Crippen molar-refractivity contribution in [1.82, 2.24) is 0 Å². The second-order valence-electron chi connectivity index (χ2n) is 4.84. The summed E-state index contributed by atoms with van der Waals surface area (Å²) < 4.78 is 1.10. The minimum absolute atomic E-state index is 0.343. The summed E-state index contributed by atoms with van der Waals surface area (Å²) in [6.45, 7) is 6.69. The summed E-state index contributed by atoms with van der Waals surface area (Å²) in [5, 5.41) is 9.59. The predicted molar refractivity (Wildman–Crippen MR) is 57.7 cm³/mol. The van der Waals surface area contributed by atoms with Gasteiger partial charge in [-0.3, -0.25) is 0 Å². The Morgan fingerprint density at radius 3 is 1.71 bits per heavy atom. The average molecular weight is 203 g/mol. The van der Waals surface area contributed by atoms with Crippen LogP contribution in [-0.2, 0) is 4.79 Å². The fourth-order valence-electron chi connectivity index (χ4n) is 0.632. The van der Waals surface area contributed by atoms with E-state index in [0.717, 1.165) is 4.48 Å². The van der Waals surface area contributed by atoms with Crippen molar-refractivity contribution in [3.05, 3.63) is 0 Å². The molecule has 3 nitrogen and oxygen atoms in total. The molecule has 0 heterocycles. The average Bonchev–Trinajstić information content (AvgIpc) is 2.00. The van der Waals surface area contributed by atoms with E-state index in [2.05, 4.69) is 28.1 Å². The van der Waals surface area contributed by atoms with Crippen LogP contribution in [0.1, 0.15) is 33.6 Å². The van der Waals surface area contributed by atoms with Gasteiger partial charge in [0.25, 0.3) is 0 Å². The van der Waals surface area contributed by atoms with Gasteiger partial charge < -0.3 is 14.4 Å². The summed E-state index contributed by atoms with van der Waals surface area (Å²) in [5.74, 6) is -1.33. The van der Waals surface area contributed by atoms with Gasteiger partial charge >= 0.3 is 0 Å². The molecule has 0 amide bonds.